The third-order valence-electron chi connectivity index (χ3n) is 7.25. The zero-order valence-corrected chi connectivity index (χ0v) is 20.9. The number of piperidine rings is 1. The summed E-state index contributed by atoms with van der Waals surface area (Å²) in [7, 11) is -3.04. The van der Waals surface area contributed by atoms with E-state index in [-0.39, 0.29) is 17.3 Å². The maximum Gasteiger partial charge on any atom is 0.346 e. The van der Waals surface area contributed by atoms with Gasteiger partial charge in [0.05, 0.1) is 11.0 Å². The quantitative estimate of drug-likeness (QED) is 0.216. The molecule has 36 heavy (non-hydrogen) atoms. The van der Waals surface area contributed by atoms with E-state index in [9.17, 15) is 19.5 Å². The van der Waals surface area contributed by atoms with Crippen molar-refractivity contribution in [2.75, 3.05) is 39.3 Å². The second-order valence-corrected chi connectivity index (χ2v) is 12.1. The number of hydrogen-bond acceptors (Lipinski definition) is 6. The molecule has 0 unspecified atom stereocenters. The normalized spacial score (nSPS) is 21.8. The first kappa shape index (κ1) is 23.6. The van der Waals surface area contributed by atoms with Crippen LogP contribution in [0.1, 0.15) is 53.3 Å². The van der Waals surface area contributed by atoms with Gasteiger partial charge in [0.25, 0.3) is 5.91 Å². The number of hydrogen-bond donors (Lipinski definition) is 0. The van der Waals surface area contributed by atoms with E-state index in [0.29, 0.717) is 29.7 Å². The van der Waals surface area contributed by atoms with Crippen LogP contribution in [0, 0.1) is 10.1 Å². The SMILES string of the molecule is O=C(c1cccc(Oc2c([N+](=O)[O-])ccc3c2CC[C@@H]3OP(=O)(N2CC2)N2CC2)c1)N1CCCCC1. The van der Waals surface area contributed by atoms with Gasteiger partial charge in [-0.1, -0.05) is 6.07 Å². The molecule has 1 aliphatic carbocycles. The zero-order valence-electron chi connectivity index (χ0n) is 20.0. The molecule has 6 rings (SSSR count). The first-order valence-corrected chi connectivity index (χ1v) is 14.1. The Morgan fingerprint density at radius 1 is 1.00 bits per heavy atom. The van der Waals surface area contributed by atoms with Crippen molar-refractivity contribution < 1.29 is 23.5 Å². The Bertz CT molecular complexity index is 1240. The number of nitro groups is 1. The molecule has 3 saturated heterocycles. The maximum atomic E-state index is 13.5. The molecule has 190 valence electrons. The number of amides is 1. The van der Waals surface area contributed by atoms with Crippen LogP contribution in [0.5, 0.6) is 11.5 Å². The molecule has 0 spiro atoms. The molecule has 1 atom stereocenters. The summed E-state index contributed by atoms with van der Waals surface area (Å²) in [5, 5.41) is 11.9. The minimum Gasteiger partial charge on any atom is -0.450 e. The van der Waals surface area contributed by atoms with Gasteiger partial charge in [-0.25, -0.2) is 9.34 Å². The number of carbonyl (C=O) groups excluding carboxylic acids is 1. The molecule has 1 amide bonds. The summed E-state index contributed by atoms with van der Waals surface area (Å²) in [6.07, 6.45) is 3.80. The van der Waals surface area contributed by atoms with Crippen LogP contribution in [0.15, 0.2) is 36.4 Å². The van der Waals surface area contributed by atoms with Crippen molar-refractivity contribution in [1.82, 2.24) is 14.2 Å². The topological polar surface area (TPSA) is 105 Å². The van der Waals surface area contributed by atoms with Crippen LogP contribution in [0.2, 0.25) is 0 Å². The standard InChI is InChI=1S/C25H29N4O6P/c30-25(26-11-2-1-3-12-26)18-5-4-6-19(17-18)34-24-21-8-10-23(20(21)7-9-22(24)29(31)32)35-36(33,27-13-14-27)28-15-16-28/h4-7,9,17,23H,1-3,8,10-16H2/t23-/m0/s1. The number of benzene rings is 2. The molecule has 0 N–H and O–H groups in total. The minimum atomic E-state index is -3.04. The lowest BCUT2D eigenvalue weighted by Crippen LogP contribution is -2.35. The summed E-state index contributed by atoms with van der Waals surface area (Å²) in [5.74, 6) is 0.486. The van der Waals surface area contributed by atoms with Gasteiger partial charge in [-0.15, -0.1) is 0 Å². The molecule has 0 radical (unpaired) electrons. The van der Waals surface area contributed by atoms with Crippen LogP contribution in [0.3, 0.4) is 0 Å². The van der Waals surface area contributed by atoms with Crippen LogP contribution in [-0.4, -0.2) is 64.3 Å². The third-order valence-corrected chi connectivity index (χ3v) is 10.0. The highest BCUT2D eigenvalue weighted by molar-refractivity contribution is 7.54. The molecule has 4 aliphatic rings. The summed E-state index contributed by atoms with van der Waals surface area (Å²) < 4.78 is 29.6. The van der Waals surface area contributed by atoms with Gasteiger partial charge in [-0.2, -0.15) is 0 Å². The highest BCUT2D eigenvalue weighted by Crippen LogP contribution is 2.64. The van der Waals surface area contributed by atoms with Gasteiger partial charge in [0, 0.05) is 56.5 Å². The van der Waals surface area contributed by atoms with E-state index in [2.05, 4.69) is 0 Å². The highest BCUT2D eigenvalue weighted by atomic mass is 31.2. The fourth-order valence-electron chi connectivity index (χ4n) is 5.15. The Morgan fingerprint density at radius 2 is 1.72 bits per heavy atom. The number of ether oxygens (including phenoxy) is 1. The van der Waals surface area contributed by atoms with E-state index < -0.39 is 18.7 Å². The summed E-state index contributed by atoms with van der Waals surface area (Å²) in [6.45, 7) is 4.51. The fourth-order valence-corrected chi connectivity index (χ4v) is 7.52. The lowest BCUT2D eigenvalue weighted by atomic mass is 10.1. The van der Waals surface area contributed by atoms with E-state index in [4.69, 9.17) is 9.26 Å². The molecular weight excluding hydrogens is 483 g/mol. The van der Waals surface area contributed by atoms with Crippen LogP contribution in [-0.2, 0) is 15.5 Å². The van der Waals surface area contributed by atoms with Crippen LogP contribution >= 0.6 is 7.67 Å². The summed E-state index contributed by atoms with van der Waals surface area (Å²) in [5.41, 5.74) is 1.84. The fraction of sp³-hybridized carbons (Fsp3) is 0.480. The lowest BCUT2D eigenvalue weighted by molar-refractivity contribution is -0.385. The largest absolute Gasteiger partial charge is 0.450 e. The Kier molecular flexibility index (Phi) is 6.08. The summed E-state index contributed by atoms with van der Waals surface area (Å²) >= 11 is 0. The number of likely N-dealkylation sites (tertiary alicyclic amines) is 1. The molecule has 10 nitrogen and oxygen atoms in total. The molecule has 0 bridgehead atoms. The predicted molar refractivity (Wildman–Crippen MR) is 132 cm³/mol. The van der Waals surface area contributed by atoms with Crippen LogP contribution in [0.4, 0.5) is 5.69 Å². The van der Waals surface area contributed by atoms with Gasteiger partial charge in [0.2, 0.25) is 5.75 Å². The number of nitrogens with zero attached hydrogens (tertiary/aromatic N) is 4. The second-order valence-electron chi connectivity index (χ2n) is 9.75. The Labute approximate surface area is 209 Å². The van der Waals surface area contributed by atoms with Crippen molar-refractivity contribution in [2.24, 2.45) is 0 Å². The van der Waals surface area contributed by atoms with Gasteiger partial charge in [0.1, 0.15) is 5.75 Å². The van der Waals surface area contributed by atoms with Crippen molar-refractivity contribution in [2.45, 2.75) is 38.2 Å². The van der Waals surface area contributed by atoms with Crippen molar-refractivity contribution >= 4 is 19.3 Å². The monoisotopic (exact) mass is 512 g/mol. The number of fused-ring (bicyclic) bond motifs is 1. The Morgan fingerprint density at radius 3 is 2.39 bits per heavy atom. The van der Waals surface area contributed by atoms with E-state index in [1.54, 1.807) is 30.3 Å². The summed E-state index contributed by atoms with van der Waals surface area (Å²) in [6, 6.07) is 9.96. The van der Waals surface area contributed by atoms with Crippen molar-refractivity contribution in [3.05, 3.63) is 63.2 Å². The number of carbonyl (C=O) groups is 1. The molecule has 3 fully saturated rings. The molecule has 11 heteroatoms. The van der Waals surface area contributed by atoms with E-state index in [0.717, 1.165) is 64.1 Å². The molecule has 2 aromatic rings. The molecule has 0 saturated carbocycles. The average molecular weight is 513 g/mol. The van der Waals surface area contributed by atoms with Crippen molar-refractivity contribution in [3.63, 3.8) is 0 Å². The molecule has 3 heterocycles. The first-order valence-electron chi connectivity index (χ1n) is 12.6. The lowest BCUT2D eigenvalue weighted by Gasteiger charge is -2.26. The number of nitro benzene ring substituents is 1. The Balaban J connectivity index is 1.28. The van der Waals surface area contributed by atoms with E-state index >= 15 is 0 Å². The minimum absolute atomic E-state index is 0.0534. The average Bonchev–Trinajstić information content (AvgIpc) is 3.81. The zero-order chi connectivity index (χ0) is 24.9. The molecule has 0 aromatic heterocycles. The first-order chi connectivity index (χ1) is 17.4. The predicted octanol–water partition coefficient (Wildman–Crippen LogP) is 4.76. The molecule has 3 aliphatic heterocycles. The number of rotatable bonds is 8. The van der Waals surface area contributed by atoms with Gasteiger partial charge >= 0.3 is 13.4 Å². The van der Waals surface area contributed by atoms with Gasteiger partial charge in [-0.05, 0) is 61.9 Å². The van der Waals surface area contributed by atoms with Crippen LogP contribution in [0.25, 0.3) is 0 Å². The third kappa shape index (κ3) is 4.43. The van der Waals surface area contributed by atoms with Crippen molar-refractivity contribution in [1.29, 1.82) is 0 Å². The van der Waals surface area contributed by atoms with Gasteiger partial charge in [0.15, 0.2) is 0 Å². The maximum absolute atomic E-state index is 13.5. The Hall–Kier alpha value is -2.78. The summed E-state index contributed by atoms with van der Waals surface area (Å²) in [4.78, 5) is 26.2. The molecule has 2 aromatic carbocycles. The highest BCUT2D eigenvalue weighted by Gasteiger charge is 2.51. The van der Waals surface area contributed by atoms with Gasteiger partial charge in [-0.3, -0.25) is 24.0 Å². The smallest absolute Gasteiger partial charge is 0.346 e. The second kappa shape index (κ2) is 9.27. The van der Waals surface area contributed by atoms with Crippen molar-refractivity contribution in [3.8, 4) is 11.5 Å². The van der Waals surface area contributed by atoms with E-state index in [1.807, 2.05) is 14.2 Å². The van der Waals surface area contributed by atoms with Crippen LogP contribution < -0.4 is 4.74 Å². The molecular formula is C25H29N4O6P. The van der Waals surface area contributed by atoms with Gasteiger partial charge < -0.3 is 9.64 Å². The van der Waals surface area contributed by atoms with E-state index in [1.165, 1.54) is 6.07 Å².